The fraction of sp³-hybridized carbons (Fsp3) is 0.278. The number of rotatable bonds is 3. The van der Waals surface area contributed by atoms with Crippen molar-refractivity contribution in [2.45, 2.75) is 19.5 Å². The Morgan fingerprint density at radius 2 is 1.86 bits per heavy atom. The molecule has 0 aromatic heterocycles. The lowest BCUT2D eigenvalue weighted by atomic mass is 10.1. The van der Waals surface area contributed by atoms with Crippen molar-refractivity contribution in [1.82, 2.24) is 4.90 Å². The van der Waals surface area contributed by atoms with Crippen LogP contribution in [0.4, 0.5) is 5.69 Å². The molecule has 3 rings (SSSR count). The van der Waals surface area contributed by atoms with Crippen molar-refractivity contribution >= 4 is 27.5 Å². The van der Waals surface area contributed by atoms with Gasteiger partial charge in [0.1, 0.15) is 0 Å². The Morgan fingerprint density at radius 1 is 1.09 bits per heavy atom. The van der Waals surface area contributed by atoms with E-state index in [9.17, 15) is 4.79 Å². The normalized spacial score (nSPS) is 19.5. The summed E-state index contributed by atoms with van der Waals surface area (Å²) >= 11 is 3.47. The van der Waals surface area contributed by atoms with Crippen LogP contribution >= 0.6 is 15.9 Å². The highest BCUT2D eigenvalue weighted by Crippen LogP contribution is 2.24. The lowest BCUT2D eigenvalue weighted by molar-refractivity contribution is -0.125. The lowest BCUT2D eigenvalue weighted by Gasteiger charge is -2.39. The van der Waals surface area contributed by atoms with Crippen molar-refractivity contribution in [2.24, 2.45) is 0 Å². The maximum atomic E-state index is 12.7. The average molecular weight is 359 g/mol. The Labute approximate surface area is 139 Å². The van der Waals surface area contributed by atoms with Crippen LogP contribution in [0.5, 0.6) is 0 Å². The van der Waals surface area contributed by atoms with Crippen molar-refractivity contribution in [3.63, 3.8) is 0 Å². The summed E-state index contributed by atoms with van der Waals surface area (Å²) in [6, 6.07) is 18.1. The maximum absolute atomic E-state index is 12.7. The molecule has 0 saturated carbocycles. The van der Waals surface area contributed by atoms with Crippen LogP contribution in [-0.4, -0.2) is 29.9 Å². The van der Waals surface area contributed by atoms with Crippen LogP contribution in [0.15, 0.2) is 59.1 Å². The van der Waals surface area contributed by atoms with Gasteiger partial charge in [-0.25, -0.2) is 0 Å². The van der Waals surface area contributed by atoms with Crippen LogP contribution in [0, 0.1) is 0 Å². The second-order valence-corrected chi connectivity index (χ2v) is 6.52. The zero-order chi connectivity index (χ0) is 15.5. The van der Waals surface area contributed by atoms with Crippen LogP contribution in [-0.2, 0) is 11.3 Å². The number of carbonyl (C=O) groups excluding carboxylic acids is 1. The molecule has 0 bridgehead atoms. The molecule has 1 aliphatic rings. The zero-order valence-electron chi connectivity index (χ0n) is 12.6. The molecule has 1 fully saturated rings. The summed E-state index contributed by atoms with van der Waals surface area (Å²) in [4.78, 5) is 16.8. The highest BCUT2D eigenvalue weighted by molar-refractivity contribution is 9.10. The quantitative estimate of drug-likeness (QED) is 0.835. The third kappa shape index (κ3) is 3.23. The highest BCUT2D eigenvalue weighted by Gasteiger charge is 2.32. The predicted molar refractivity (Wildman–Crippen MR) is 92.8 cm³/mol. The Morgan fingerprint density at radius 3 is 2.59 bits per heavy atom. The van der Waals surface area contributed by atoms with Crippen LogP contribution in [0.2, 0.25) is 0 Å². The Balaban J connectivity index is 1.73. The van der Waals surface area contributed by atoms with E-state index in [-0.39, 0.29) is 11.9 Å². The fourth-order valence-corrected chi connectivity index (χ4v) is 3.24. The summed E-state index contributed by atoms with van der Waals surface area (Å²) in [5.74, 6) is 0.167. The van der Waals surface area contributed by atoms with Gasteiger partial charge in [-0.3, -0.25) is 9.69 Å². The molecule has 4 heteroatoms. The molecule has 0 spiro atoms. The van der Waals surface area contributed by atoms with Gasteiger partial charge in [0.2, 0.25) is 5.91 Å². The summed E-state index contributed by atoms with van der Waals surface area (Å²) in [7, 11) is 0. The predicted octanol–water partition coefficient (Wildman–Crippen LogP) is 3.69. The van der Waals surface area contributed by atoms with Crippen LogP contribution < -0.4 is 4.90 Å². The van der Waals surface area contributed by atoms with Gasteiger partial charge in [-0.15, -0.1) is 0 Å². The second-order valence-electron chi connectivity index (χ2n) is 5.60. The molecule has 0 aliphatic carbocycles. The maximum Gasteiger partial charge on any atom is 0.244 e. The topological polar surface area (TPSA) is 23.6 Å². The number of carbonyl (C=O) groups is 1. The first kappa shape index (κ1) is 15.3. The zero-order valence-corrected chi connectivity index (χ0v) is 14.2. The van der Waals surface area contributed by atoms with E-state index in [1.54, 1.807) is 0 Å². The largest absolute Gasteiger partial charge is 0.310 e. The molecular formula is C18H19BrN2O. The van der Waals surface area contributed by atoms with E-state index in [0.29, 0.717) is 0 Å². The highest BCUT2D eigenvalue weighted by atomic mass is 79.9. The molecule has 1 aliphatic heterocycles. The first-order chi connectivity index (χ1) is 10.6. The minimum atomic E-state index is -0.104. The number of piperazine rings is 1. The molecule has 1 unspecified atom stereocenters. The Kier molecular flexibility index (Phi) is 4.60. The third-order valence-electron chi connectivity index (χ3n) is 4.13. The van der Waals surface area contributed by atoms with Gasteiger partial charge in [-0.1, -0.05) is 52.3 Å². The summed E-state index contributed by atoms with van der Waals surface area (Å²) < 4.78 is 0.997. The molecular weight excluding hydrogens is 340 g/mol. The minimum Gasteiger partial charge on any atom is -0.310 e. The SMILES string of the molecule is CC1C(=O)N(c2cccc(Br)c2)CCN1Cc1ccccc1. The molecule has 1 heterocycles. The third-order valence-corrected chi connectivity index (χ3v) is 4.62. The van der Waals surface area contributed by atoms with Gasteiger partial charge in [-0.05, 0) is 30.7 Å². The van der Waals surface area contributed by atoms with E-state index in [1.807, 2.05) is 54.3 Å². The molecule has 2 aromatic carbocycles. The molecule has 22 heavy (non-hydrogen) atoms. The molecule has 1 amide bonds. The van der Waals surface area contributed by atoms with Gasteiger partial charge in [0, 0.05) is 29.8 Å². The van der Waals surface area contributed by atoms with Gasteiger partial charge >= 0.3 is 0 Å². The minimum absolute atomic E-state index is 0.104. The van der Waals surface area contributed by atoms with Gasteiger partial charge in [-0.2, -0.15) is 0 Å². The molecule has 0 radical (unpaired) electrons. The molecule has 2 aromatic rings. The summed E-state index contributed by atoms with van der Waals surface area (Å²) in [5, 5.41) is 0. The molecule has 1 atom stereocenters. The second kappa shape index (κ2) is 6.63. The first-order valence-electron chi connectivity index (χ1n) is 7.50. The van der Waals surface area contributed by atoms with Crippen molar-refractivity contribution in [2.75, 3.05) is 18.0 Å². The molecule has 1 saturated heterocycles. The van der Waals surface area contributed by atoms with E-state index < -0.39 is 0 Å². The summed E-state index contributed by atoms with van der Waals surface area (Å²) in [6.07, 6.45) is 0. The lowest BCUT2D eigenvalue weighted by Crippen LogP contribution is -2.55. The summed E-state index contributed by atoms with van der Waals surface area (Å²) in [6.45, 7) is 4.43. The van der Waals surface area contributed by atoms with E-state index in [4.69, 9.17) is 0 Å². The van der Waals surface area contributed by atoms with Crippen LogP contribution in [0.25, 0.3) is 0 Å². The fourth-order valence-electron chi connectivity index (χ4n) is 2.85. The number of benzene rings is 2. The van der Waals surface area contributed by atoms with Gasteiger partial charge in [0.15, 0.2) is 0 Å². The van der Waals surface area contributed by atoms with Crippen LogP contribution in [0.1, 0.15) is 12.5 Å². The number of anilines is 1. The van der Waals surface area contributed by atoms with Crippen molar-refractivity contribution in [3.05, 3.63) is 64.6 Å². The van der Waals surface area contributed by atoms with E-state index in [0.717, 1.165) is 29.8 Å². The molecule has 0 N–H and O–H groups in total. The van der Waals surface area contributed by atoms with Crippen molar-refractivity contribution < 1.29 is 4.79 Å². The molecule has 3 nitrogen and oxygen atoms in total. The monoisotopic (exact) mass is 358 g/mol. The standard InChI is InChI=1S/C18H19BrN2O/c1-14-18(22)21(17-9-5-8-16(19)12-17)11-10-20(14)13-15-6-3-2-4-7-15/h2-9,12,14H,10-11,13H2,1H3. The number of amides is 1. The average Bonchev–Trinajstić information content (AvgIpc) is 2.53. The van der Waals surface area contributed by atoms with E-state index in [1.165, 1.54) is 5.56 Å². The van der Waals surface area contributed by atoms with E-state index in [2.05, 4.69) is 33.0 Å². The summed E-state index contributed by atoms with van der Waals surface area (Å²) in [5.41, 5.74) is 2.21. The number of nitrogens with zero attached hydrogens (tertiary/aromatic N) is 2. The van der Waals surface area contributed by atoms with Gasteiger partial charge in [0.25, 0.3) is 0 Å². The van der Waals surface area contributed by atoms with Crippen molar-refractivity contribution in [1.29, 1.82) is 0 Å². The number of hydrogen-bond acceptors (Lipinski definition) is 2. The van der Waals surface area contributed by atoms with E-state index >= 15 is 0 Å². The van der Waals surface area contributed by atoms with Crippen LogP contribution in [0.3, 0.4) is 0 Å². The molecule has 114 valence electrons. The smallest absolute Gasteiger partial charge is 0.244 e. The number of halogens is 1. The number of hydrogen-bond donors (Lipinski definition) is 0. The Hall–Kier alpha value is -1.65. The van der Waals surface area contributed by atoms with Gasteiger partial charge in [0.05, 0.1) is 6.04 Å². The first-order valence-corrected chi connectivity index (χ1v) is 8.29. The van der Waals surface area contributed by atoms with Crippen molar-refractivity contribution in [3.8, 4) is 0 Å². The Bertz CT molecular complexity index is 659. The van der Waals surface area contributed by atoms with Gasteiger partial charge < -0.3 is 4.90 Å².